The first kappa shape index (κ1) is 12.6. The highest BCUT2D eigenvalue weighted by molar-refractivity contribution is 5.30. The standard InChI is InChI=1S/C16H25N/c1-12-7-8-13(2)15(11-12)5-4-6-16(17-3)14-9-10-14/h7-8,11,14,16-17H,4-6,9-10H2,1-3H3. The van der Waals surface area contributed by atoms with Gasteiger partial charge in [-0.25, -0.2) is 0 Å². The first-order valence-electron chi connectivity index (χ1n) is 6.94. The van der Waals surface area contributed by atoms with Gasteiger partial charge in [0.05, 0.1) is 0 Å². The van der Waals surface area contributed by atoms with Gasteiger partial charge in [-0.15, -0.1) is 0 Å². The summed E-state index contributed by atoms with van der Waals surface area (Å²) >= 11 is 0. The summed E-state index contributed by atoms with van der Waals surface area (Å²) in [4.78, 5) is 0. The number of nitrogens with one attached hydrogen (secondary N) is 1. The Morgan fingerprint density at radius 2 is 2.06 bits per heavy atom. The van der Waals surface area contributed by atoms with Crippen LogP contribution in [0, 0.1) is 19.8 Å². The van der Waals surface area contributed by atoms with E-state index in [4.69, 9.17) is 0 Å². The molecule has 94 valence electrons. The fourth-order valence-electron chi connectivity index (χ4n) is 2.70. The lowest BCUT2D eigenvalue weighted by Gasteiger charge is -2.15. The zero-order valence-corrected chi connectivity index (χ0v) is 11.4. The quantitative estimate of drug-likeness (QED) is 0.788. The Balaban J connectivity index is 1.82. The Morgan fingerprint density at radius 3 is 2.71 bits per heavy atom. The summed E-state index contributed by atoms with van der Waals surface area (Å²) in [6.45, 7) is 4.41. The largest absolute Gasteiger partial charge is 0.317 e. The molecular formula is C16H25N. The predicted octanol–water partition coefficient (Wildman–Crippen LogP) is 3.62. The minimum Gasteiger partial charge on any atom is -0.317 e. The first-order chi connectivity index (χ1) is 8.20. The summed E-state index contributed by atoms with van der Waals surface area (Å²) < 4.78 is 0. The van der Waals surface area contributed by atoms with Crippen LogP contribution in [-0.2, 0) is 6.42 Å². The molecule has 0 bridgehead atoms. The van der Waals surface area contributed by atoms with Gasteiger partial charge in [0.2, 0.25) is 0 Å². The summed E-state index contributed by atoms with van der Waals surface area (Å²) in [7, 11) is 2.11. The lowest BCUT2D eigenvalue weighted by Crippen LogP contribution is -2.27. The van der Waals surface area contributed by atoms with E-state index in [1.807, 2.05) is 0 Å². The number of rotatable bonds is 6. The molecule has 1 unspecified atom stereocenters. The maximum absolute atomic E-state index is 3.48. The Hall–Kier alpha value is -0.820. The number of hydrogen-bond acceptors (Lipinski definition) is 1. The van der Waals surface area contributed by atoms with E-state index in [9.17, 15) is 0 Å². The van der Waals surface area contributed by atoms with E-state index < -0.39 is 0 Å². The number of aryl methyl sites for hydroxylation is 3. The maximum Gasteiger partial charge on any atom is 0.00924 e. The van der Waals surface area contributed by atoms with Gasteiger partial charge in [0, 0.05) is 6.04 Å². The van der Waals surface area contributed by atoms with Crippen LogP contribution in [0.15, 0.2) is 18.2 Å². The lowest BCUT2D eigenvalue weighted by atomic mass is 9.98. The molecule has 1 aromatic rings. The van der Waals surface area contributed by atoms with Crippen LogP contribution in [0.1, 0.15) is 42.4 Å². The molecule has 0 heterocycles. The van der Waals surface area contributed by atoms with Crippen molar-refractivity contribution in [2.24, 2.45) is 5.92 Å². The first-order valence-corrected chi connectivity index (χ1v) is 6.94. The van der Waals surface area contributed by atoms with Crippen molar-refractivity contribution >= 4 is 0 Å². The third kappa shape index (κ3) is 3.57. The molecular weight excluding hydrogens is 206 g/mol. The van der Waals surface area contributed by atoms with Crippen LogP contribution in [-0.4, -0.2) is 13.1 Å². The van der Waals surface area contributed by atoms with Gasteiger partial charge in [0.25, 0.3) is 0 Å². The highest BCUT2D eigenvalue weighted by Crippen LogP contribution is 2.34. The van der Waals surface area contributed by atoms with Gasteiger partial charge >= 0.3 is 0 Å². The molecule has 0 saturated heterocycles. The van der Waals surface area contributed by atoms with Crippen LogP contribution >= 0.6 is 0 Å². The zero-order chi connectivity index (χ0) is 12.3. The molecule has 0 amide bonds. The van der Waals surface area contributed by atoms with E-state index in [0.29, 0.717) is 0 Å². The highest BCUT2D eigenvalue weighted by Gasteiger charge is 2.29. The molecule has 1 fully saturated rings. The summed E-state index contributed by atoms with van der Waals surface area (Å²) in [6, 6.07) is 7.57. The molecule has 2 rings (SSSR count). The molecule has 0 aromatic heterocycles. The van der Waals surface area contributed by atoms with Crippen molar-refractivity contribution < 1.29 is 0 Å². The number of benzene rings is 1. The fourth-order valence-corrected chi connectivity index (χ4v) is 2.70. The van der Waals surface area contributed by atoms with Gasteiger partial charge in [-0.2, -0.15) is 0 Å². The summed E-state index contributed by atoms with van der Waals surface area (Å²) in [6.07, 6.45) is 6.75. The smallest absolute Gasteiger partial charge is 0.00924 e. The van der Waals surface area contributed by atoms with Crippen LogP contribution in [0.2, 0.25) is 0 Å². The van der Waals surface area contributed by atoms with Gasteiger partial charge in [-0.1, -0.05) is 23.8 Å². The topological polar surface area (TPSA) is 12.0 Å². The molecule has 1 N–H and O–H groups in total. The van der Waals surface area contributed by atoms with Gasteiger partial charge in [0.1, 0.15) is 0 Å². The molecule has 1 heteroatoms. The van der Waals surface area contributed by atoms with E-state index in [2.05, 4.69) is 44.4 Å². The van der Waals surface area contributed by atoms with Gasteiger partial charge in [0.15, 0.2) is 0 Å². The van der Waals surface area contributed by atoms with E-state index in [1.165, 1.54) is 48.8 Å². The van der Waals surface area contributed by atoms with Gasteiger partial charge in [-0.05, 0) is 70.0 Å². The molecule has 1 aliphatic rings. The molecule has 1 nitrogen and oxygen atoms in total. The molecule has 1 aromatic carbocycles. The minimum absolute atomic E-state index is 0.764. The second-order valence-electron chi connectivity index (χ2n) is 5.55. The van der Waals surface area contributed by atoms with Crippen molar-refractivity contribution in [3.8, 4) is 0 Å². The normalized spacial score (nSPS) is 17.1. The molecule has 1 saturated carbocycles. The third-order valence-electron chi connectivity index (χ3n) is 4.03. The molecule has 1 atom stereocenters. The SMILES string of the molecule is CNC(CCCc1cc(C)ccc1C)C1CC1. The average molecular weight is 231 g/mol. The minimum atomic E-state index is 0.764. The van der Waals surface area contributed by atoms with Crippen molar-refractivity contribution in [1.82, 2.24) is 5.32 Å². The second kappa shape index (κ2) is 5.68. The van der Waals surface area contributed by atoms with E-state index in [1.54, 1.807) is 0 Å². The van der Waals surface area contributed by atoms with Crippen molar-refractivity contribution in [2.45, 2.75) is 52.0 Å². The fraction of sp³-hybridized carbons (Fsp3) is 0.625. The monoisotopic (exact) mass is 231 g/mol. The van der Waals surface area contributed by atoms with Crippen molar-refractivity contribution in [2.75, 3.05) is 7.05 Å². The Kier molecular flexibility index (Phi) is 4.22. The van der Waals surface area contributed by atoms with E-state index in [0.717, 1.165) is 12.0 Å². The number of hydrogen-bond donors (Lipinski definition) is 1. The van der Waals surface area contributed by atoms with E-state index in [-0.39, 0.29) is 0 Å². The maximum atomic E-state index is 3.48. The Bertz CT molecular complexity index is 366. The van der Waals surface area contributed by atoms with Crippen molar-refractivity contribution in [1.29, 1.82) is 0 Å². The Morgan fingerprint density at radius 1 is 1.29 bits per heavy atom. The summed E-state index contributed by atoms with van der Waals surface area (Å²) in [5.74, 6) is 0.971. The Labute approximate surface area is 106 Å². The van der Waals surface area contributed by atoms with Gasteiger partial charge < -0.3 is 5.32 Å². The third-order valence-corrected chi connectivity index (χ3v) is 4.03. The highest BCUT2D eigenvalue weighted by atomic mass is 14.9. The second-order valence-corrected chi connectivity index (χ2v) is 5.55. The van der Waals surface area contributed by atoms with Crippen molar-refractivity contribution in [3.63, 3.8) is 0 Å². The zero-order valence-electron chi connectivity index (χ0n) is 11.4. The molecule has 17 heavy (non-hydrogen) atoms. The van der Waals surface area contributed by atoms with Gasteiger partial charge in [-0.3, -0.25) is 0 Å². The van der Waals surface area contributed by atoms with Crippen LogP contribution in [0.5, 0.6) is 0 Å². The lowest BCUT2D eigenvalue weighted by molar-refractivity contribution is 0.456. The van der Waals surface area contributed by atoms with Crippen LogP contribution in [0.25, 0.3) is 0 Å². The molecule has 1 aliphatic carbocycles. The average Bonchev–Trinajstić information content (AvgIpc) is 3.13. The predicted molar refractivity (Wildman–Crippen MR) is 74.4 cm³/mol. The molecule has 0 aliphatic heterocycles. The van der Waals surface area contributed by atoms with Crippen LogP contribution < -0.4 is 5.32 Å². The van der Waals surface area contributed by atoms with Crippen LogP contribution in [0.3, 0.4) is 0 Å². The van der Waals surface area contributed by atoms with E-state index >= 15 is 0 Å². The molecule has 0 radical (unpaired) electrons. The van der Waals surface area contributed by atoms with Crippen molar-refractivity contribution in [3.05, 3.63) is 34.9 Å². The summed E-state index contributed by atoms with van der Waals surface area (Å²) in [5, 5.41) is 3.48. The molecule has 0 spiro atoms. The summed E-state index contributed by atoms with van der Waals surface area (Å²) in [5.41, 5.74) is 4.37. The van der Waals surface area contributed by atoms with Crippen LogP contribution in [0.4, 0.5) is 0 Å².